The quantitative estimate of drug-likeness (QED) is 0.615. The second-order valence-electron chi connectivity index (χ2n) is 8.79. The van der Waals surface area contributed by atoms with Crippen molar-refractivity contribution in [1.29, 1.82) is 0 Å². The van der Waals surface area contributed by atoms with Crippen molar-refractivity contribution in [2.45, 2.75) is 44.6 Å². The zero-order valence-electron chi connectivity index (χ0n) is 18.1. The Bertz CT molecular complexity index is 1150. The fourth-order valence-corrected chi connectivity index (χ4v) is 5.27. The predicted octanol–water partition coefficient (Wildman–Crippen LogP) is 4.50. The van der Waals surface area contributed by atoms with E-state index in [0.29, 0.717) is 18.9 Å². The largest absolute Gasteiger partial charge is 0.490 e. The molecule has 0 bridgehead atoms. The number of aromatic nitrogens is 2. The van der Waals surface area contributed by atoms with Gasteiger partial charge in [0.2, 0.25) is 0 Å². The highest BCUT2D eigenvalue weighted by molar-refractivity contribution is 5.95. The van der Waals surface area contributed by atoms with E-state index < -0.39 is 0 Å². The molecule has 32 heavy (non-hydrogen) atoms. The Morgan fingerprint density at radius 1 is 0.938 bits per heavy atom. The number of carbonyl (C=O) groups excluding carboxylic acids is 1. The molecule has 0 spiro atoms. The van der Waals surface area contributed by atoms with E-state index in [2.05, 4.69) is 24.3 Å². The maximum atomic E-state index is 13.8. The molecular formula is C26H27N3O3. The lowest BCUT2D eigenvalue weighted by atomic mass is 10.0. The van der Waals surface area contributed by atoms with Gasteiger partial charge in [-0.25, -0.2) is 4.68 Å². The Morgan fingerprint density at radius 2 is 1.78 bits per heavy atom. The van der Waals surface area contributed by atoms with Gasteiger partial charge in [-0.3, -0.25) is 4.79 Å². The molecule has 6 nitrogen and oxygen atoms in total. The molecule has 1 aromatic heterocycles. The Kier molecular flexibility index (Phi) is 4.86. The molecule has 0 unspecified atom stereocenters. The minimum atomic E-state index is 0.0404. The van der Waals surface area contributed by atoms with E-state index in [1.54, 1.807) is 0 Å². The van der Waals surface area contributed by atoms with Gasteiger partial charge in [0.1, 0.15) is 0 Å². The summed E-state index contributed by atoms with van der Waals surface area (Å²) in [5.41, 5.74) is 5.07. The summed E-state index contributed by atoms with van der Waals surface area (Å²) in [6.45, 7) is 2.09. The van der Waals surface area contributed by atoms with Crippen molar-refractivity contribution in [1.82, 2.24) is 14.7 Å². The first kappa shape index (κ1) is 19.4. The Hall–Kier alpha value is -3.28. The number of fused-ring (bicyclic) bond motifs is 2. The van der Waals surface area contributed by atoms with E-state index in [0.717, 1.165) is 73.4 Å². The standard InChI is InChI=1S/C26H27N3O3/c30-26(25-20-9-4-10-22(20)29(27-25)19-7-2-1-3-8-19)28-14-5-11-21(28)18-12-13-23-24(17-18)32-16-6-15-31-23/h1-3,7-8,12-13,17,21H,4-6,9-11,14-16H2/t21-/m0/s1. The summed E-state index contributed by atoms with van der Waals surface area (Å²) >= 11 is 0. The average Bonchev–Trinajstić information content (AvgIpc) is 3.53. The van der Waals surface area contributed by atoms with Crippen LogP contribution in [0.2, 0.25) is 0 Å². The van der Waals surface area contributed by atoms with Crippen molar-refractivity contribution < 1.29 is 14.3 Å². The zero-order chi connectivity index (χ0) is 21.5. The van der Waals surface area contributed by atoms with Gasteiger partial charge in [0, 0.05) is 24.2 Å². The van der Waals surface area contributed by atoms with Crippen molar-refractivity contribution in [2.24, 2.45) is 0 Å². The second kappa shape index (κ2) is 8.01. The maximum absolute atomic E-state index is 13.8. The summed E-state index contributed by atoms with van der Waals surface area (Å²) < 4.78 is 13.7. The third-order valence-corrected chi connectivity index (χ3v) is 6.80. The lowest BCUT2D eigenvalue weighted by Crippen LogP contribution is -2.31. The van der Waals surface area contributed by atoms with Crippen LogP contribution in [0, 0.1) is 0 Å². The van der Waals surface area contributed by atoms with E-state index in [9.17, 15) is 4.79 Å². The topological polar surface area (TPSA) is 56.6 Å². The Morgan fingerprint density at radius 3 is 2.66 bits per heavy atom. The van der Waals surface area contributed by atoms with Gasteiger partial charge < -0.3 is 14.4 Å². The molecule has 3 aromatic rings. The molecular weight excluding hydrogens is 402 g/mol. The number of hydrogen-bond acceptors (Lipinski definition) is 4. The van der Waals surface area contributed by atoms with Crippen LogP contribution in [-0.2, 0) is 12.8 Å². The molecule has 1 fully saturated rings. The van der Waals surface area contributed by atoms with Gasteiger partial charge >= 0.3 is 0 Å². The summed E-state index contributed by atoms with van der Waals surface area (Å²) in [6, 6.07) is 16.3. The third-order valence-electron chi connectivity index (χ3n) is 6.80. The van der Waals surface area contributed by atoms with Crippen LogP contribution < -0.4 is 9.47 Å². The highest BCUT2D eigenvalue weighted by atomic mass is 16.5. The van der Waals surface area contributed by atoms with E-state index in [4.69, 9.17) is 14.6 Å². The van der Waals surface area contributed by atoms with E-state index >= 15 is 0 Å². The number of hydrogen-bond donors (Lipinski definition) is 0. The highest BCUT2D eigenvalue weighted by Gasteiger charge is 2.36. The van der Waals surface area contributed by atoms with Crippen LogP contribution in [0.15, 0.2) is 48.5 Å². The van der Waals surface area contributed by atoms with Gasteiger partial charge in [-0.1, -0.05) is 24.3 Å². The highest BCUT2D eigenvalue weighted by Crippen LogP contribution is 2.39. The Balaban J connectivity index is 1.33. The number of nitrogens with zero attached hydrogens (tertiary/aromatic N) is 3. The minimum Gasteiger partial charge on any atom is -0.490 e. The molecule has 1 aliphatic carbocycles. The van der Waals surface area contributed by atoms with Gasteiger partial charge in [-0.15, -0.1) is 0 Å². The number of rotatable bonds is 3. The van der Waals surface area contributed by atoms with Gasteiger partial charge in [0.05, 0.1) is 24.9 Å². The summed E-state index contributed by atoms with van der Waals surface area (Å²) in [5.74, 6) is 1.63. The van der Waals surface area contributed by atoms with Crippen molar-refractivity contribution in [3.05, 3.63) is 71.0 Å². The molecule has 1 atom stereocenters. The summed E-state index contributed by atoms with van der Waals surface area (Å²) in [5, 5.41) is 4.84. The molecule has 0 N–H and O–H groups in total. The lowest BCUT2D eigenvalue weighted by Gasteiger charge is -2.25. The number of carbonyl (C=O) groups is 1. The van der Waals surface area contributed by atoms with Crippen LogP contribution in [0.5, 0.6) is 11.5 Å². The lowest BCUT2D eigenvalue weighted by molar-refractivity contribution is 0.0728. The SMILES string of the molecule is O=C(c1nn(-c2ccccc2)c2c1CCC2)N1CCC[C@H]1c1ccc2c(c1)OCCCO2. The van der Waals surface area contributed by atoms with E-state index in [1.165, 1.54) is 5.69 Å². The van der Waals surface area contributed by atoms with Crippen LogP contribution in [0.1, 0.15) is 59.0 Å². The molecule has 0 saturated carbocycles. The first-order chi connectivity index (χ1) is 15.8. The van der Waals surface area contributed by atoms with Crippen LogP contribution in [-0.4, -0.2) is 40.3 Å². The molecule has 0 radical (unpaired) electrons. The van der Waals surface area contributed by atoms with Crippen LogP contribution in [0.4, 0.5) is 0 Å². The smallest absolute Gasteiger partial charge is 0.275 e. The Labute approximate surface area is 187 Å². The first-order valence-corrected chi connectivity index (χ1v) is 11.7. The first-order valence-electron chi connectivity index (χ1n) is 11.7. The van der Waals surface area contributed by atoms with Crippen molar-refractivity contribution in [3.8, 4) is 17.2 Å². The molecule has 6 rings (SSSR count). The molecule has 6 heteroatoms. The fourth-order valence-electron chi connectivity index (χ4n) is 5.27. The van der Waals surface area contributed by atoms with E-state index in [1.807, 2.05) is 33.8 Å². The van der Waals surface area contributed by atoms with E-state index in [-0.39, 0.29) is 11.9 Å². The fraction of sp³-hybridized carbons (Fsp3) is 0.385. The molecule has 3 heterocycles. The molecule has 2 aromatic carbocycles. The van der Waals surface area contributed by atoms with Gasteiger partial charge in [-0.05, 0) is 61.9 Å². The van der Waals surface area contributed by atoms with Crippen LogP contribution in [0.25, 0.3) is 5.69 Å². The number of para-hydroxylation sites is 1. The average molecular weight is 430 g/mol. The minimum absolute atomic E-state index is 0.0404. The normalized spacial score (nSPS) is 19.6. The number of amides is 1. The number of ether oxygens (including phenoxy) is 2. The van der Waals surface area contributed by atoms with Crippen LogP contribution in [0.3, 0.4) is 0 Å². The number of likely N-dealkylation sites (tertiary alicyclic amines) is 1. The van der Waals surface area contributed by atoms with Crippen LogP contribution >= 0.6 is 0 Å². The van der Waals surface area contributed by atoms with Crippen molar-refractivity contribution >= 4 is 5.91 Å². The second-order valence-corrected chi connectivity index (χ2v) is 8.79. The van der Waals surface area contributed by atoms with Gasteiger partial charge in [-0.2, -0.15) is 5.10 Å². The zero-order valence-corrected chi connectivity index (χ0v) is 18.1. The molecule has 2 aliphatic heterocycles. The summed E-state index contributed by atoms with van der Waals surface area (Å²) in [7, 11) is 0. The summed E-state index contributed by atoms with van der Waals surface area (Å²) in [6.07, 6.45) is 5.79. The predicted molar refractivity (Wildman–Crippen MR) is 121 cm³/mol. The van der Waals surface area contributed by atoms with Crippen molar-refractivity contribution in [2.75, 3.05) is 19.8 Å². The molecule has 3 aliphatic rings. The number of benzene rings is 2. The third kappa shape index (κ3) is 3.25. The monoisotopic (exact) mass is 429 g/mol. The maximum Gasteiger partial charge on any atom is 0.275 e. The molecule has 164 valence electrons. The molecule has 1 saturated heterocycles. The molecule has 1 amide bonds. The summed E-state index contributed by atoms with van der Waals surface area (Å²) in [4.78, 5) is 15.8. The van der Waals surface area contributed by atoms with Gasteiger partial charge in [0.25, 0.3) is 5.91 Å². The van der Waals surface area contributed by atoms with Gasteiger partial charge in [0.15, 0.2) is 17.2 Å². The van der Waals surface area contributed by atoms with Crippen molar-refractivity contribution in [3.63, 3.8) is 0 Å².